The van der Waals surface area contributed by atoms with Gasteiger partial charge < -0.3 is 0 Å². The average Bonchev–Trinajstić information content (AvgIpc) is 2.39. The molecule has 0 unspecified atom stereocenters. The van der Waals surface area contributed by atoms with Crippen molar-refractivity contribution in [3.05, 3.63) is 16.6 Å². The van der Waals surface area contributed by atoms with Gasteiger partial charge in [-0.05, 0) is 5.41 Å². The van der Waals surface area contributed by atoms with Gasteiger partial charge >= 0.3 is 0 Å². The van der Waals surface area contributed by atoms with E-state index in [1.54, 1.807) is 11.3 Å². The van der Waals surface area contributed by atoms with Crippen LogP contribution < -0.4 is 0 Å². The first kappa shape index (κ1) is 9.20. The Balaban J connectivity index is 2.56. The Labute approximate surface area is 80.0 Å². The molecule has 0 aliphatic heterocycles. The Morgan fingerprint density at radius 3 is 2.82 bits per heavy atom. The maximum atomic E-state index is 4.25. The second-order valence-corrected chi connectivity index (χ2v) is 4.94. The molecule has 0 aliphatic rings. The van der Waals surface area contributed by atoms with Crippen molar-refractivity contribution < 1.29 is 0 Å². The molecule has 0 radical (unpaired) electrons. The highest BCUT2D eigenvalue weighted by Crippen LogP contribution is 2.24. The Morgan fingerprint density at radius 2 is 2.36 bits per heavy atom. The highest BCUT2D eigenvalue weighted by atomic mass is 79.9. The summed E-state index contributed by atoms with van der Waals surface area (Å²) in [5.74, 6) is 0. The summed E-state index contributed by atoms with van der Waals surface area (Å²) in [4.78, 5) is 4.25. The molecule has 0 aromatic carbocycles. The number of hydrogen-bond donors (Lipinski definition) is 0. The van der Waals surface area contributed by atoms with Crippen molar-refractivity contribution in [2.24, 2.45) is 5.41 Å². The first-order valence-electron chi connectivity index (χ1n) is 3.58. The molecule has 62 valence electrons. The summed E-state index contributed by atoms with van der Waals surface area (Å²) in [6.45, 7) is 4.48. The number of aromatic nitrogens is 1. The summed E-state index contributed by atoms with van der Waals surface area (Å²) in [6.07, 6.45) is 2.93. The van der Waals surface area contributed by atoms with Crippen LogP contribution >= 0.6 is 27.3 Å². The van der Waals surface area contributed by atoms with Crippen molar-refractivity contribution in [1.29, 1.82) is 0 Å². The average molecular weight is 234 g/mol. The fourth-order valence-electron chi connectivity index (χ4n) is 0.797. The van der Waals surface area contributed by atoms with Crippen LogP contribution in [0.2, 0.25) is 0 Å². The van der Waals surface area contributed by atoms with Gasteiger partial charge in [0.05, 0.1) is 5.01 Å². The van der Waals surface area contributed by atoms with Gasteiger partial charge in [-0.3, -0.25) is 0 Å². The van der Waals surface area contributed by atoms with Crippen LogP contribution in [-0.2, 0) is 6.42 Å². The van der Waals surface area contributed by atoms with E-state index < -0.39 is 0 Å². The number of rotatable bonds is 3. The first-order valence-corrected chi connectivity index (χ1v) is 5.58. The standard InChI is InChI=1S/C8H12BrNS/c1-8(2,6-9)5-7-10-3-4-11-7/h3-4H,5-6H2,1-2H3. The van der Waals surface area contributed by atoms with Crippen LogP contribution in [0.1, 0.15) is 18.9 Å². The van der Waals surface area contributed by atoms with Crippen molar-refractivity contribution in [3.63, 3.8) is 0 Å². The highest BCUT2D eigenvalue weighted by Gasteiger charge is 2.17. The van der Waals surface area contributed by atoms with Crippen molar-refractivity contribution in [2.45, 2.75) is 20.3 Å². The summed E-state index contributed by atoms with van der Waals surface area (Å²) in [5.41, 5.74) is 0.331. The predicted octanol–water partition coefficient (Wildman–Crippen LogP) is 3.11. The lowest BCUT2D eigenvalue weighted by Crippen LogP contribution is -2.16. The zero-order valence-corrected chi connectivity index (χ0v) is 9.20. The maximum absolute atomic E-state index is 4.25. The fraction of sp³-hybridized carbons (Fsp3) is 0.625. The number of alkyl halides is 1. The Kier molecular flexibility index (Phi) is 3.07. The maximum Gasteiger partial charge on any atom is 0.0930 e. The molecule has 0 spiro atoms. The molecule has 1 aromatic heterocycles. The van der Waals surface area contributed by atoms with Crippen LogP contribution in [0.3, 0.4) is 0 Å². The van der Waals surface area contributed by atoms with Gasteiger partial charge in [-0.25, -0.2) is 4.98 Å². The van der Waals surface area contributed by atoms with E-state index in [9.17, 15) is 0 Å². The van der Waals surface area contributed by atoms with Crippen LogP contribution in [0.4, 0.5) is 0 Å². The first-order chi connectivity index (χ1) is 5.14. The van der Waals surface area contributed by atoms with E-state index in [0.717, 1.165) is 11.8 Å². The van der Waals surface area contributed by atoms with Crippen molar-refractivity contribution in [3.8, 4) is 0 Å². The molecule has 0 saturated heterocycles. The molecule has 0 N–H and O–H groups in total. The molecule has 1 rings (SSSR count). The summed E-state index contributed by atoms with van der Waals surface area (Å²) in [6, 6.07) is 0. The normalized spacial score (nSPS) is 11.9. The largest absolute Gasteiger partial charge is 0.250 e. The third kappa shape index (κ3) is 2.91. The van der Waals surface area contributed by atoms with Crippen LogP contribution in [0, 0.1) is 5.41 Å². The molecule has 0 atom stereocenters. The summed E-state index contributed by atoms with van der Waals surface area (Å²) < 4.78 is 0. The van der Waals surface area contributed by atoms with Gasteiger partial charge in [0.1, 0.15) is 0 Å². The van der Waals surface area contributed by atoms with Gasteiger partial charge in [-0.2, -0.15) is 0 Å². The van der Waals surface area contributed by atoms with Crippen LogP contribution in [0.25, 0.3) is 0 Å². The zero-order chi connectivity index (χ0) is 8.32. The van der Waals surface area contributed by atoms with E-state index in [0.29, 0.717) is 5.41 Å². The van der Waals surface area contributed by atoms with E-state index in [4.69, 9.17) is 0 Å². The van der Waals surface area contributed by atoms with Crippen LogP contribution in [0.15, 0.2) is 11.6 Å². The van der Waals surface area contributed by atoms with E-state index >= 15 is 0 Å². The number of nitrogens with zero attached hydrogens (tertiary/aromatic N) is 1. The monoisotopic (exact) mass is 233 g/mol. The van der Waals surface area contributed by atoms with Gasteiger partial charge in [0.2, 0.25) is 0 Å². The number of halogens is 1. The molecule has 11 heavy (non-hydrogen) atoms. The predicted molar refractivity (Wildman–Crippen MR) is 53.4 cm³/mol. The molecule has 1 aromatic rings. The second-order valence-electron chi connectivity index (χ2n) is 3.40. The minimum atomic E-state index is 0.331. The van der Waals surface area contributed by atoms with E-state index in [2.05, 4.69) is 34.8 Å². The fourth-order valence-corrected chi connectivity index (χ4v) is 1.87. The van der Waals surface area contributed by atoms with Crippen LogP contribution in [0.5, 0.6) is 0 Å². The van der Waals surface area contributed by atoms with E-state index in [1.807, 2.05) is 11.6 Å². The lowest BCUT2D eigenvalue weighted by atomic mass is 9.93. The van der Waals surface area contributed by atoms with E-state index in [1.165, 1.54) is 5.01 Å². The Bertz CT molecular complexity index is 206. The van der Waals surface area contributed by atoms with Crippen LogP contribution in [-0.4, -0.2) is 10.3 Å². The summed E-state index contributed by atoms with van der Waals surface area (Å²) in [7, 11) is 0. The SMILES string of the molecule is CC(C)(CBr)Cc1nccs1. The molecule has 3 heteroatoms. The molecule has 0 aliphatic carbocycles. The Hall–Kier alpha value is 0.110. The quantitative estimate of drug-likeness (QED) is 0.732. The minimum absolute atomic E-state index is 0.331. The number of hydrogen-bond acceptors (Lipinski definition) is 2. The molecule has 0 saturated carbocycles. The molecule has 0 amide bonds. The third-order valence-corrected chi connectivity index (χ3v) is 3.77. The molecular formula is C8H12BrNS. The summed E-state index contributed by atoms with van der Waals surface area (Å²) in [5, 5.41) is 4.29. The highest BCUT2D eigenvalue weighted by molar-refractivity contribution is 9.09. The van der Waals surface area contributed by atoms with Crippen molar-refractivity contribution in [1.82, 2.24) is 4.98 Å². The molecule has 0 bridgehead atoms. The van der Waals surface area contributed by atoms with Crippen molar-refractivity contribution >= 4 is 27.3 Å². The molecular weight excluding hydrogens is 222 g/mol. The van der Waals surface area contributed by atoms with Crippen molar-refractivity contribution in [2.75, 3.05) is 5.33 Å². The lowest BCUT2D eigenvalue weighted by molar-refractivity contribution is 0.424. The lowest BCUT2D eigenvalue weighted by Gasteiger charge is -2.19. The third-order valence-electron chi connectivity index (χ3n) is 1.47. The molecule has 1 heterocycles. The van der Waals surface area contributed by atoms with Gasteiger partial charge in [-0.15, -0.1) is 11.3 Å². The van der Waals surface area contributed by atoms with Gasteiger partial charge in [-0.1, -0.05) is 29.8 Å². The zero-order valence-electron chi connectivity index (χ0n) is 6.80. The smallest absolute Gasteiger partial charge is 0.0930 e. The molecule has 1 nitrogen and oxygen atoms in total. The second kappa shape index (κ2) is 3.68. The minimum Gasteiger partial charge on any atom is -0.250 e. The van der Waals surface area contributed by atoms with Gasteiger partial charge in [0.25, 0.3) is 0 Å². The Morgan fingerprint density at radius 1 is 1.64 bits per heavy atom. The number of thiazole rings is 1. The topological polar surface area (TPSA) is 12.9 Å². The summed E-state index contributed by atoms with van der Waals surface area (Å²) >= 11 is 5.23. The molecule has 0 fully saturated rings. The van der Waals surface area contributed by atoms with Gasteiger partial charge in [0, 0.05) is 23.3 Å². The van der Waals surface area contributed by atoms with E-state index in [-0.39, 0.29) is 0 Å². The van der Waals surface area contributed by atoms with Gasteiger partial charge in [0.15, 0.2) is 0 Å².